The van der Waals surface area contributed by atoms with Crippen molar-refractivity contribution in [3.8, 4) is 0 Å². The minimum atomic E-state index is 0.0247. The van der Waals surface area contributed by atoms with Crippen LogP contribution in [-0.2, 0) is 9.59 Å². The van der Waals surface area contributed by atoms with Gasteiger partial charge in [0.15, 0.2) is 0 Å². The lowest BCUT2D eigenvalue weighted by molar-refractivity contribution is -0.138. The van der Waals surface area contributed by atoms with Gasteiger partial charge in [0.25, 0.3) is 0 Å². The number of hydrogen-bond donors (Lipinski definition) is 1. The van der Waals surface area contributed by atoms with E-state index in [1.165, 1.54) is 5.56 Å². The summed E-state index contributed by atoms with van der Waals surface area (Å²) in [6.07, 6.45) is 3.85. The van der Waals surface area contributed by atoms with Gasteiger partial charge < -0.3 is 10.2 Å². The Kier molecular flexibility index (Phi) is 6.20. The average molecular weight is 372 g/mol. The molecule has 2 aliphatic rings. The number of benzene rings is 1. The summed E-state index contributed by atoms with van der Waals surface area (Å²) in [6, 6.07) is 8.34. The second-order valence-corrected chi connectivity index (χ2v) is 8.38. The monoisotopic (exact) mass is 371 g/mol. The molecule has 1 N–H and O–H groups in total. The summed E-state index contributed by atoms with van der Waals surface area (Å²) >= 11 is 0. The maximum Gasteiger partial charge on any atom is 0.234 e. The van der Waals surface area contributed by atoms with E-state index in [4.69, 9.17) is 0 Å². The molecule has 1 atom stereocenters. The molecule has 27 heavy (non-hydrogen) atoms. The van der Waals surface area contributed by atoms with Gasteiger partial charge in [-0.2, -0.15) is 0 Å². The first-order chi connectivity index (χ1) is 12.9. The van der Waals surface area contributed by atoms with E-state index in [-0.39, 0.29) is 17.4 Å². The minimum absolute atomic E-state index is 0.0247. The van der Waals surface area contributed by atoms with Crippen LogP contribution in [-0.4, -0.2) is 54.3 Å². The molecule has 2 fully saturated rings. The summed E-state index contributed by atoms with van der Waals surface area (Å²) in [6.45, 7) is 10.2. The highest BCUT2D eigenvalue weighted by atomic mass is 16.2. The fraction of sp³-hybridized carbons (Fsp3) is 0.636. The van der Waals surface area contributed by atoms with Crippen LogP contribution in [0, 0.1) is 12.3 Å². The van der Waals surface area contributed by atoms with E-state index in [2.05, 4.69) is 48.3 Å². The van der Waals surface area contributed by atoms with Gasteiger partial charge in [0.1, 0.15) is 0 Å². The average Bonchev–Trinajstić information content (AvgIpc) is 2.66. The number of hydrogen-bond acceptors (Lipinski definition) is 3. The summed E-state index contributed by atoms with van der Waals surface area (Å²) < 4.78 is 0. The lowest BCUT2D eigenvalue weighted by atomic mass is 9.72. The van der Waals surface area contributed by atoms with Crippen molar-refractivity contribution < 1.29 is 9.59 Å². The normalized spacial score (nSPS) is 21.3. The summed E-state index contributed by atoms with van der Waals surface area (Å²) in [5, 5.41) is 3.12. The van der Waals surface area contributed by atoms with E-state index in [0.717, 1.165) is 51.0 Å². The highest BCUT2D eigenvalue weighted by Crippen LogP contribution is 2.40. The number of likely N-dealkylation sites (tertiary alicyclic amines) is 2. The Morgan fingerprint density at radius 2 is 1.85 bits per heavy atom. The molecule has 1 aromatic rings. The van der Waals surface area contributed by atoms with Gasteiger partial charge in [-0.25, -0.2) is 0 Å². The SMILES string of the molecule is CCN1CC2(CCC1=O)CCN(CC(=O)N[C@H](C)c1ccc(C)cc1)CC2. The molecule has 1 spiro atoms. The molecular weight excluding hydrogens is 338 g/mol. The molecule has 0 saturated carbocycles. The predicted octanol–water partition coefficient (Wildman–Crippen LogP) is 2.90. The van der Waals surface area contributed by atoms with Crippen LogP contribution in [0.4, 0.5) is 0 Å². The fourth-order valence-corrected chi connectivity index (χ4v) is 4.41. The fourth-order valence-electron chi connectivity index (χ4n) is 4.41. The van der Waals surface area contributed by atoms with Gasteiger partial charge in [0.2, 0.25) is 11.8 Å². The third-order valence-electron chi connectivity index (χ3n) is 6.37. The molecule has 5 nitrogen and oxygen atoms in total. The molecule has 0 aromatic heterocycles. The number of rotatable bonds is 5. The van der Waals surface area contributed by atoms with E-state index in [1.54, 1.807) is 0 Å². The Morgan fingerprint density at radius 1 is 1.19 bits per heavy atom. The Hall–Kier alpha value is -1.88. The summed E-state index contributed by atoms with van der Waals surface area (Å²) in [5.74, 6) is 0.392. The third kappa shape index (κ3) is 4.89. The maximum absolute atomic E-state index is 12.5. The minimum Gasteiger partial charge on any atom is -0.348 e. The van der Waals surface area contributed by atoms with Crippen molar-refractivity contribution in [2.24, 2.45) is 5.41 Å². The number of amides is 2. The molecule has 5 heteroatoms. The molecule has 2 amide bonds. The molecule has 3 rings (SSSR count). The van der Waals surface area contributed by atoms with E-state index in [1.807, 2.05) is 11.8 Å². The van der Waals surface area contributed by atoms with Gasteiger partial charge in [-0.1, -0.05) is 29.8 Å². The molecule has 1 aromatic carbocycles. The first kappa shape index (κ1) is 19.9. The van der Waals surface area contributed by atoms with Crippen LogP contribution in [0.3, 0.4) is 0 Å². The van der Waals surface area contributed by atoms with Crippen molar-refractivity contribution in [3.63, 3.8) is 0 Å². The molecule has 2 saturated heterocycles. The third-order valence-corrected chi connectivity index (χ3v) is 6.37. The van der Waals surface area contributed by atoms with Crippen LogP contribution in [0.2, 0.25) is 0 Å². The van der Waals surface area contributed by atoms with E-state index in [0.29, 0.717) is 18.9 Å². The quantitative estimate of drug-likeness (QED) is 0.866. The van der Waals surface area contributed by atoms with Crippen molar-refractivity contribution in [2.45, 2.75) is 52.5 Å². The van der Waals surface area contributed by atoms with Crippen LogP contribution in [0.15, 0.2) is 24.3 Å². The van der Waals surface area contributed by atoms with Crippen molar-refractivity contribution in [2.75, 3.05) is 32.7 Å². The second-order valence-electron chi connectivity index (χ2n) is 8.38. The number of nitrogens with zero attached hydrogens (tertiary/aromatic N) is 2. The highest BCUT2D eigenvalue weighted by Gasteiger charge is 2.40. The van der Waals surface area contributed by atoms with Gasteiger partial charge in [0, 0.05) is 19.5 Å². The van der Waals surface area contributed by atoms with Crippen LogP contribution in [0.25, 0.3) is 0 Å². The van der Waals surface area contributed by atoms with Crippen molar-refractivity contribution in [1.82, 2.24) is 15.1 Å². The van der Waals surface area contributed by atoms with Gasteiger partial charge in [-0.3, -0.25) is 14.5 Å². The molecule has 0 aliphatic carbocycles. The molecule has 0 radical (unpaired) electrons. The topological polar surface area (TPSA) is 52.7 Å². The van der Waals surface area contributed by atoms with Crippen LogP contribution in [0.5, 0.6) is 0 Å². The first-order valence-corrected chi connectivity index (χ1v) is 10.3. The maximum atomic E-state index is 12.5. The lowest BCUT2D eigenvalue weighted by Crippen LogP contribution is -2.52. The zero-order chi connectivity index (χ0) is 19.4. The first-order valence-electron chi connectivity index (χ1n) is 10.3. The number of nitrogens with one attached hydrogen (secondary N) is 1. The highest BCUT2D eigenvalue weighted by molar-refractivity contribution is 5.78. The van der Waals surface area contributed by atoms with Crippen molar-refractivity contribution in [3.05, 3.63) is 35.4 Å². The van der Waals surface area contributed by atoms with E-state index >= 15 is 0 Å². The Balaban J connectivity index is 1.46. The Bertz CT molecular complexity index is 663. The zero-order valence-electron chi connectivity index (χ0n) is 17.0. The molecule has 0 unspecified atom stereocenters. The largest absolute Gasteiger partial charge is 0.348 e. The zero-order valence-corrected chi connectivity index (χ0v) is 17.0. The van der Waals surface area contributed by atoms with E-state index in [9.17, 15) is 9.59 Å². The van der Waals surface area contributed by atoms with Gasteiger partial charge in [0.05, 0.1) is 12.6 Å². The van der Waals surface area contributed by atoms with Crippen LogP contribution in [0.1, 0.15) is 56.7 Å². The molecule has 0 bridgehead atoms. The number of carbonyl (C=O) groups excluding carboxylic acids is 2. The van der Waals surface area contributed by atoms with Gasteiger partial charge in [-0.15, -0.1) is 0 Å². The summed E-state index contributed by atoms with van der Waals surface area (Å²) in [7, 11) is 0. The number of aryl methyl sites for hydroxylation is 1. The molecule has 2 aliphatic heterocycles. The standard InChI is InChI=1S/C22H33N3O2/c1-4-25-16-22(10-9-21(25)27)11-13-24(14-12-22)15-20(26)23-18(3)19-7-5-17(2)6-8-19/h5-8,18H,4,9-16H2,1-3H3,(H,23,26)/t18-/m1/s1. The van der Waals surface area contributed by atoms with Crippen LogP contribution >= 0.6 is 0 Å². The van der Waals surface area contributed by atoms with Gasteiger partial charge in [-0.05, 0) is 64.1 Å². The molecule has 148 valence electrons. The van der Waals surface area contributed by atoms with Crippen LogP contribution < -0.4 is 5.32 Å². The predicted molar refractivity (Wildman–Crippen MR) is 107 cm³/mol. The molecule has 2 heterocycles. The summed E-state index contributed by atoms with van der Waals surface area (Å²) in [4.78, 5) is 28.7. The van der Waals surface area contributed by atoms with Crippen molar-refractivity contribution >= 4 is 11.8 Å². The van der Waals surface area contributed by atoms with Crippen molar-refractivity contribution in [1.29, 1.82) is 0 Å². The van der Waals surface area contributed by atoms with Gasteiger partial charge >= 0.3 is 0 Å². The Labute approximate surface area is 163 Å². The second kappa shape index (κ2) is 8.42. The smallest absolute Gasteiger partial charge is 0.234 e. The van der Waals surface area contributed by atoms with E-state index < -0.39 is 0 Å². The lowest BCUT2D eigenvalue weighted by Gasteiger charge is -2.47. The number of carbonyl (C=O) groups is 2. The summed E-state index contributed by atoms with van der Waals surface area (Å²) in [5.41, 5.74) is 2.63. The molecular formula is C22H33N3O2. The number of piperidine rings is 2. The Morgan fingerprint density at radius 3 is 2.48 bits per heavy atom.